The van der Waals surface area contributed by atoms with E-state index in [1.807, 2.05) is 11.0 Å². The van der Waals surface area contributed by atoms with Gasteiger partial charge in [0.2, 0.25) is 0 Å². The largest absolute Gasteiger partial charge is 0.245 e. The average molecular weight is 521 g/mol. The lowest BCUT2D eigenvalue weighted by Gasteiger charge is -2.16. The first kappa shape index (κ1) is 21.7. The van der Waals surface area contributed by atoms with Crippen molar-refractivity contribution in [2.24, 2.45) is 0 Å². The van der Waals surface area contributed by atoms with E-state index in [2.05, 4.69) is 118 Å². The molecule has 6 aromatic carbocycles. The highest BCUT2D eigenvalue weighted by Gasteiger charge is 2.15. The van der Waals surface area contributed by atoms with Gasteiger partial charge in [-0.05, 0) is 54.6 Å². The molecule has 0 spiro atoms. The van der Waals surface area contributed by atoms with E-state index in [0.717, 1.165) is 22.5 Å². The van der Waals surface area contributed by atoms with Gasteiger partial charge in [0, 0.05) is 21.9 Å². The fraction of sp³-hybridized carbons (Fsp3) is 0. The van der Waals surface area contributed by atoms with E-state index in [-0.39, 0.29) is 0 Å². The van der Waals surface area contributed by atoms with Crippen LogP contribution in [0.1, 0.15) is 0 Å². The van der Waals surface area contributed by atoms with Crippen LogP contribution in [0.5, 0.6) is 0 Å². The Hall–Kier alpha value is -4.38. The van der Waals surface area contributed by atoms with E-state index < -0.39 is 0 Å². The van der Waals surface area contributed by atoms with Crippen LogP contribution in [0.4, 0.5) is 0 Å². The quantitative estimate of drug-likeness (QED) is 0.216. The smallest absolute Gasteiger partial charge is 0.0811 e. The topological polar surface area (TPSA) is 25.8 Å². The summed E-state index contributed by atoms with van der Waals surface area (Å²) in [5.74, 6) is 0. The van der Waals surface area contributed by atoms with E-state index in [1.165, 1.54) is 54.6 Å². The fourth-order valence-corrected chi connectivity index (χ4v) is 6.78. The third-order valence-corrected chi connectivity index (χ3v) is 8.69. The van der Waals surface area contributed by atoms with E-state index in [4.69, 9.17) is 0 Å². The van der Waals surface area contributed by atoms with Gasteiger partial charge in [0.25, 0.3) is 0 Å². The number of nitrogens with zero attached hydrogens (tertiary/aromatic N) is 2. The summed E-state index contributed by atoms with van der Waals surface area (Å²) in [6.07, 6.45) is 0. The molecule has 2 nitrogen and oxygen atoms in total. The summed E-state index contributed by atoms with van der Waals surface area (Å²) in [7, 11) is 0. The zero-order valence-corrected chi connectivity index (χ0v) is 21.9. The molecule has 0 saturated heterocycles. The zero-order valence-electron chi connectivity index (χ0n) is 20.3. The van der Waals surface area contributed by atoms with Crippen molar-refractivity contribution in [1.29, 1.82) is 0 Å². The van der Waals surface area contributed by atoms with Gasteiger partial charge in [0.1, 0.15) is 0 Å². The minimum Gasteiger partial charge on any atom is -0.245 e. The van der Waals surface area contributed by atoms with E-state index >= 15 is 0 Å². The Balaban J connectivity index is 1.29. The molecule has 8 aromatic rings. The normalized spacial score (nSPS) is 11.7. The first-order valence-corrected chi connectivity index (χ1v) is 14.4. The van der Waals surface area contributed by atoms with Crippen LogP contribution in [-0.4, -0.2) is 9.97 Å². The number of benzene rings is 6. The number of hydrogen-bond acceptors (Lipinski definition) is 4. The number of aromatic nitrogens is 2. The highest BCUT2D eigenvalue weighted by atomic mass is 32.1. The van der Waals surface area contributed by atoms with Crippen LogP contribution in [-0.2, 0) is 0 Å². The summed E-state index contributed by atoms with van der Waals surface area (Å²) in [5.41, 5.74) is 13.1. The second-order valence-electron chi connectivity index (χ2n) is 9.55. The Morgan fingerprint density at radius 2 is 0.789 bits per heavy atom. The second kappa shape index (κ2) is 8.59. The van der Waals surface area contributed by atoms with Gasteiger partial charge in [-0.3, -0.25) is 0 Å². The monoisotopic (exact) mass is 520 g/mol. The van der Waals surface area contributed by atoms with Gasteiger partial charge in [-0.1, -0.05) is 97.1 Å². The Kier molecular flexibility index (Phi) is 4.90. The molecule has 0 saturated carbocycles. The molecule has 0 fully saturated rings. The van der Waals surface area contributed by atoms with Crippen LogP contribution in [0.15, 0.2) is 119 Å². The van der Waals surface area contributed by atoms with Gasteiger partial charge in [-0.25, -0.2) is 9.97 Å². The molecule has 0 radical (unpaired) electrons. The summed E-state index contributed by atoms with van der Waals surface area (Å²) in [5, 5.41) is 12.0. The van der Waals surface area contributed by atoms with Crippen molar-refractivity contribution in [3.63, 3.8) is 0 Å². The minimum absolute atomic E-state index is 1.03. The van der Waals surface area contributed by atoms with Crippen molar-refractivity contribution in [2.45, 2.75) is 0 Å². The van der Waals surface area contributed by atoms with Crippen molar-refractivity contribution in [3.8, 4) is 44.8 Å². The molecule has 0 bridgehead atoms. The molecule has 2 aromatic heterocycles. The average Bonchev–Trinajstić information content (AvgIpc) is 3.72. The van der Waals surface area contributed by atoms with Crippen molar-refractivity contribution >= 4 is 55.0 Å². The van der Waals surface area contributed by atoms with Crippen LogP contribution >= 0.6 is 22.7 Å². The molecular formula is C34H20N2S2. The van der Waals surface area contributed by atoms with Crippen molar-refractivity contribution in [2.75, 3.05) is 0 Å². The lowest BCUT2D eigenvalue weighted by molar-refractivity contribution is 1.41. The summed E-state index contributed by atoms with van der Waals surface area (Å²) in [6.45, 7) is 0. The lowest BCUT2D eigenvalue weighted by Crippen LogP contribution is -1.89. The highest BCUT2D eigenvalue weighted by Crippen LogP contribution is 2.42. The number of hydrogen-bond donors (Lipinski definition) is 0. The molecular weight excluding hydrogens is 501 g/mol. The van der Waals surface area contributed by atoms with E-state index in [9.17, 15) is 0 Å². The maximum Gasteiger partial charge on any atom is 0.0811 e. The predicted molar refractivity (Wildman–Crippen MR) is 163 cm³/mol. The molecule has 38 heavy (non-hydrogen) atoms. The molecule has 0 N–H and O–H groups in total. The van der Waals surface area contributed by atoms with Gasteiger partial charge in [0.05, 0.1) is 22.4 Å². The third kappa shape index (κ3) is 3.38. The molecule has 4 heteroatoms. The standard InChI is InChI=1S/C34H20N2S2/c1-5-23(31-17-37-19-35-31)6-2-21(1)27-13-9-25-12-16-30-28(14-10-26-11-15-29(27)33(25)34(26)30)22-3-7-24(8-4-22)32-18-38-20-36-32/h1-20H. The van der Waals surface area contributed by atoms with Gasteiger partial charge < -0.3 is 0 Å². The Morgan fingerprint density at radius 3 is 1.18 bits per heavy atom. The maximum atomic E-state index is 4.46. The lowest BCUT2D eigenvalue weighted by atomic mass is 9.87. The molecule has 0 atom stereocenters. The summed E-state index contributed by atoms with van der Waals surface area (Å²) in [6, 6.07) is 35.7. The summed E-state index contributed by atoms with van der Waals surface area (Å²) in [4.78, 5) is 8.92. The molecule has 0 aliphatic carbocycles. The highest BCUT2D eigenvalue weighted by molar-refractivity contribution is 7.08. The molecule has 0 aliphatic rings. The third-order valence-electron chi connectivity index (χ3n) is 7.51. The molecule has 0 amide bonds. The van der Waals surface area contributed by atoms with Gasteiger partial charge in [-0.2, -0.15) is 0 Å². The predicted octanol–water partition coefficient (Wildman–Crippen LogP) is 10.2. The SMILES string of the molecule is c1nc(-c2ccc(-c3ccc4ccc5c(-c6ccc(-c7cscn7)cc6)ccc6ccc3c4c65)cc2)cs1. The van der Waals surface area contributed by atoms with Crippen molar-refractivity contribution < 1.29 is 0 Å². The van der Waals surface area contributed by atoms with Gasteiger partial charge >= 0.3 is 0 Å². The van der Waals surface area contributed by atoms with Crippen molar-refractivity contribution in [3.05, 3.63) is 119 Å². The van der Waals surface area contributed by atoms with Gasteiger partial charge in [-0.15, -0.1) is 22.7 Å². The Morgan fingerprint density at radius 1 is 0.395 bits per heavy atom. The van der Waals surface area contributed by atoms with Crippen LogP contribution < -0.4 is 0 Å². The zero-order chi connectivity index (χ0) is 25.1. The van der Waals surface area contributed by atoms with Crippen LogP contribution in [0, 0.1) is 0 Å². The van der Waals surface area contributed by atoms with Crippen LogP contribution in [0.2, 0.25) is 0 Å². The number of thiazole rings is 2. The second-order valence-corrected chi connectivity index (χ2v) is 11.0. The van der Waals surface area contributed by atoms with Crippen molar-refractivity contribution in [1.82, 2.24) is 9.97 Å². The van der Waals surface area contributed by atoms with Crippen LogP contribution in [0.3, 0.4) is 0 Å². The summed E-state index contributed by atoms with van der Waals surface area (Å²) >= 11 is 3.25. The van der Waals surface area contributed by atoms with Crippen LogP contribution in [0.25, 0.3) is 77.1 Å². The Bertz CT molecular complexity index is 1890. The molecule has 178 valence electrons. The van der Waals surface area contributed by atoms with E-state index in [1.54, 1.807) is 22.7 Å². The molecule has 0 aliphatic heterocycles. The fourth-order valence-electron chi connectivity index (χ4n) is 5.66. The molecule has 0 unspecified atom stereocenters. The first-order valence-electron chi connectivity index (χ1n) is 12.5. The summed E-state index contributed by atoms with van der Waals surface area (Å²) < 4.78 is 0. The molecule has 8 rings (SSSR count). The van der Waals surface area contributed by atoms with E-state index in [0.29, 0.717) is 0 Å². The maximum absolute atomic E-state index is 4.46. The molecule has 2 heterocycles. The minimum atomic E-state index is 1.03. The first-order chi connectivity index (χ1) is 18.8. The Labute approximate surface area is 227 Å². The number of rotatable bonds is 4. The van der Waals surface area contributed by atoms with Gasteiger partial charge in [0.15, 0.2) is 0 Å².